The molecule has 1 aliphatic heterocycles. The molecular formula is C14H19F3N4O3. The molecule has 24 heavy (non-hydrogen) atoms. The van der Waals surface area contributed by atoms with Gasteiger partial charge < -0.3 is 15.0 Å². The maximum atomic E-state index is 12.4. The molecule has 0 atom stereocenters. The molecule has 1 aromatic rings. The molecular weight excluding hydrogens is 329 g/mol. The molecule has 2 heterocycles. The van der Waals surface area contributed by atoms with Gasteiger partial charge in [-0.3, -0.25) is 9.48 Å². The number of piperidine rings is 1. The molecule has 1 aromatic heterocycles. The van der Waals surface area contributed by atoms with E-state index in [2.05, 4.69) is 10.4 Å². The zero-order chi connectivity index (χ0) is 17.7. The fourth-order valence-electron chi connectivity index (χ4n) is 2.44. The maximum Gasteiger partial charge on any atom is 0.435 e. The Hall–Kier alpha value is -2.26. The van der Waals surface area contributed by atoms with Crippen molar-refractivity contribution in [3.8, 4) is 0 Å². The summed E-state index contributed by atoms with van der Waals surface area (Å²) in [7, 11) is 0. The average molecular weight is 348 g/mol. The Kier molecular flexibility index (Phi) is 5.68. The molecule has 0 bridgehead atoms. The minimum absolute atomic E-state index is 0.124. The van der Waals surface area contributed by atoms with E-state index in [1.807, 2.05) is 0 Å². The van der Waals surface area contributed by atoms with Crippen molar-refractivity contribution in [2.75, 3.05) is 19.7 Å². The van der Waals surface area contributed by atoms with E-state index >= 15 is 0 Å². The molecule has 0 saturated carbocycles. The number of amides is 2. The van der Waals surface area contributed by atoms with Crippen LogP contribution in [0.1, 0.15) is 25.5 Å². The second-order valence-corrected chi connectivity index (χ2v) is 5.42. The van der Waals surface area contributed by atoms with Crippen molar-refractivity contribution in [2.24, 2.45) is 0 Å². The number of likely N-dealkylation sites (tertiary alicyclic amines) is 1. The molecule has 1 N–H and O–H groups in total. The summed E-state index contributed by atoms with van der Waals surface area (Å²) in [6.45, 7) is 2.67. The van der Waals surface area contributed by atoms with Crippen molar-refractivity contribution in [1.29, 1.82) is 0 Å². The van der Waals surface area contributed by atoms with Crippen molar-refractivity contribution >= 4 is 12.0 Å². The van der Waals surface area contributed by atoms with Crippen LogP contribution in [-0.2, 0) is 22.3 Å². The highest BCUT2D eigenvalue weighted by molar-refractivity contribution is 5.76. The van der Waals surface area contributed by atoms with Gasteiger partial charge in [-0.2, -0.15) is 18.3 Å². The van der Waals surface area contributed by atoms with Crippen LogP contribution in [0.2, 0.25) is 0 Å². The fraction of sp³-hybridized carbons (Fsp3) is 0.643. The van der Waals surface area contributed by atoms with E-state index in [9.17, 15) is 22.8 Å². The highest BCUT2D eigenvalue weighted by atomic mass is 19.4. The summed E-state index contributed by atoms with van der Waals surface area (Å²) in [5.41, 5.74) is -1.03. The van der Waals surface area contributed by atoms with Crippen molar-refractivity contribution in [2.45, 2.75) is 38.5 Å². The fourth-order valence-corrected chi connectivity index (χ4v) is 2.44. The third-order valence-corrected chi connectivity index (χ3v) is 3.62. The first-order chi connectivity index (χ1) is 11.3. The maximum absolute atomic E-state index is 12.4. The molecule has 1 fully saturated rings. The summed E-state index contributed by atoms with van der Waals surface area (Å²) in [5, 5.41) is 6.08. The predicted octanol–water partition coefficient (Wildman–Crippen LogP) is 1.64. The van der Waals surface area contributed by atoms with Crippen LogP contribution in [0, 0.1) is 0 Å². The van der Waals surface area contributed by atoms with Gasteiger partial charge in [0.15, 0.2) is 5.69 Å². The lowest BCUT2D eigenvalue weighted by Crippen LogP contribution is -2.47. The molecule has 0 aliphatic carbocycles. The molecule has 1 saturated heterocycles. The third-order valence-electron chi connectivity index (χ3n) is 3.62. The summed E-state index contributed by atoms with van der Waals surface area (Å²) in [6, 6.07) is 0.700. The quantitative estimate of drug-likeness (QED) is 0.897. The zero-order valence-corrected chi connectivity index (χ0v) is 13.2. The monoisotopic (exact) mass is 348 g/mol. The number of carbonyl (C=O) groups excluding carboxylic acids is 2. The lowest BCUT2D eigenvalue weighted by molar-refractivity contribution is -0.141. The minimum Gasteiger partial charge on any atom is -0.450 e. The van der Waals surface area contributed by atoms with E-state index in [0.717, 1.165) is 16.9 Å². The number of hydrogen-bond acceptors (Lipinski definition) is 4. The van der Waals surface area contributed by atoms with Gasteiger partial charge in [0.2, 0.25) is 5.91 Å². The second-order valence-electron chi connectivity index (χ2n) is 5.42. The third kappa shape index (κ3) is 4.87. The van der Waals surface area contributed by atoms with Crippen molar-refractivity contribution < 1.29 is 27.5 Å². The van der Waals surface area contributed by atoms with E-state index in [0.29, 0.717) is 32.5 Å². The minimum atomic E-state index is -4.53. The number of rotatable bonds is 4. The summed E-state index contributed by atoms with van der Waals surface area (Å²) in [5.74, 6) is -0.415. The second kappa shape index (κ2) is 7.54. The Bertz CT molecular complexity index is 580. The number of ether oxygens (including phenoxy) is 1. The van der Waals surface area contributed by atoms with Gasteiger partial charge >= 0.3 is 12.3 Å². The molecule has 10 heteroatoms. The first-order valence-corrected chi connectivity index (χ1v) is 7.61. The molecule has 0 radical (unpaired) electrons. The van der Waals surface area contributed by atoms with Crippen LogP contribution in [0.5, 0.6) is 0 Å². The largest absolute Gasteiger partial charge is 0.450 e. The molecule has 2 amide bonds. The van der Waals surface area contributed by atoms with Gasteiger partial charge in [0.05, 0.1) is 6.61 Å². The summed E-state index contributed by atoms with van der Waals surface area (Å²) in [4.78, 5) is 25.0. The first kappa shape index (κ1) is 18.1. The van der Waals surface area contributed by atoms with E-state index in [4.69, 9.17) is 4.74 Å². The van der Waals surface area contributed by atoms with Gasteiger partial charge in [-0.05, 0) is 25.8 Å². The Balaban J connectivity index is 1.78. The number of halogens is 3. The van der Waals surface area contributed by atoms with Gasteiger partial charge in [0, 0.05) is 25.3 Å². The van der Waals surface area contributed by atoms with Crippen LogP contribution in [0.15, 0.2) is 12.3 Å². The van der Waals surface area contributed by atoms with Crippen LogP contribution in [0.3, 0.4) is 0 Å². The molecule has 0 spiro atoms. The zero-order valence-electron chi connectivity index (χ0n) is 13.2. The Morgan fingerprint density at radius 2 is 2.04 bits per heavy atom. The Labute approximate surface area is 136 Å². The summed E-state index contributed by atoms with van der Waals surface area (Å²) in [6.07, 6.45) is -2.65. The van der Waals surface area contributed by atoms with Gasteiger partial charge in [0.1, 0.15) is 6.54 Å². The normalized spacial score (nSPS) is 16.1. The number of nitrogens with zero attached hydrogens (tertiary/aromatic N) is 3. The van der Waals surface area contributed by atoms with Crippen molar-refractivity contribution in [3.63, 3.8) is 0 Å². The first-order valence-electron chi connectivity index (χ1n) is 7.61. The molecule has 2 rings (SSSR count). The van der Waals surface area contributed by atoms with Crippen LogP contribution < -0.4 is 5.32 Å². The summed E-state index contributed by atoms with van der Waals surface area (Å²) < 4.78 is 43.2. The highest BCUT2D eigenvalue weighted by Gasteiger charge is 2.33. The van der Waals surface area contributed by atoms with Crippen LogP contribution >= 0.6 is 0 Å². The Morgan fingerprint density at radius 3 is 2.58 bits per heavy atom. The molecule has 7 nitrogen and oxygen atoms in total. The SMILES string of the molecule is CCOC(=O)N1CCC(NC(=O)Cn2ccc(C(F)(F)F)n2)CC1. The van der Waals surface area contributed by atoms with E-state index in [-0.39, 0.29) is 18.7 Å². The van der Waals surface area contributed by atoms with E-state index < -0.39 is 17.8 Å². The van der Waals surface area contributed by atoms with Crippen LogP contribution in [0.25, 0.3) is 0 Å². The average Bonchev–Trinajstić information content (AvgIpc) is 2.96. The molecule has 134 valence electrons. The standard InChI is InChI=1S/C14H19F3N4O3/c1-2-24-13(23)20-6-3-10(4-7-20)18-12(22)9-21-8-5-11(19-21)14(15,16)17/h5,8,10H,2-4,6-7,9H2,1H3,(H,18,22). The molecule has 0 aromatic carbocycles. The Morgan fingerprint density at radius 1 is 1.38 bits per heavy atom. The predicted molar refractivity (Wildman–Crippen MR) is 77.0 cm³/mol. The van der Waals surface area contributed by atoms with Crippen LogP contribution in [-0.4, -0.2) is 52.4 Å². The number of carbonyl (C=O) groups is 2. The number of aromatic nitrogens is 2. The lowest BCUT2D eigenvalue weighted by Gasteiger charge is -2.31. The lowest BCUT2D eigenvalue weighted by atomic mass is 10.1. The topological polar surface area (TPSA) is 76.5 Å². The smallest absolute Gasteiger partial charge is 0.435 e. The van der Waals surface area contributed by atoms with E-state index in [1.54, 1.807) is 11.8 Å². The van der Waals surface area contributed by atoms with Crippen molar-refractivity contribution in [3.05, 3.63) is 18.0 Å². The summed E-state index contributed by atoms with van der Waals surface area (Å²) >= 11 is 0. The van der Waals surface area contributed by atoms with Gasteiger partial charge in [-0.1, -0.05) is 0 Å². The van der Waals surface area contributed by atoms with Crippen molar-refractivity contribution in [1.82, 2.24) is 20.0 Å². The van der Waals surface area contributed by atoms with Gasteiger partial charge in [-0.15, -0.1) is 0 Å². The highest BCUT2D eigenvalue weighted by Crippen LogP contribution is 2.27. The number of hydrogen-bond donors (Lipinski definition) is 1. The van der Waals surface area contributed by atoms with E-state index in [1.165, 1.54) is 0 Å². The molecule has 0 unspecified atom stereocenters. The number of nitrogens with one attached hydrogen (secondary N) is 1. The van der Waals surface area contributed by atoms with Gasteiger partial charge in [-0.25, -0.2) is 4.79 Å². The molecule has 1 aliphatic rings. The van der Waals surface area contributed by atoms with Gasteiger partial charge in [0.25, 0.3) is 0 Å². The van der Waals surface area contributed by atoms with Crippen LogP contribution in [0.4, 0.5) is 18.0 Å². The number of alkyl halides is 3.